The maximum Gasteiger partial charge on any atom is 0.406 e. The van der Waals surface area contributed by atoms with Gasteiger partial charge in [0.15, 0.2) is 5.69 Å². The van der Waals surface area contributed by atoms with E-state index in [0.717, 1.165) is 4.68 Å². The highest BCUT2D eigenvalue weighted by Gasteiger charge is 2.34. The van der Waals surface area contributed by atoms with Crippen LogP contribution in [0.15, 0.2) is 53.3 Å². The first-order valence-electron chi connectivity index (χ1n) is 8.51. The van der Waals surface area contributed by atoms with Crippen molar-refractivity contribution < 1.29 is 18.0 Å². The standard InChI is InChI=1S/C20H15F3N4O2/c1-26-18(28)16-5-3-2-4-15(16)17(25-26)19(29)27(12-20(21,22)23)11-14-8-6-13(10-24)7-9-14/h2-9H,11-12H2,1H3. The van der Waals surface area contributed by atoms with Crippen molar-refractivity contribution in [3.8, 4) is 6.07 Å². The first kappa shape index (κ1) is 20.1. The van der Waals surface area contributed by atoms with Gasteiger partial charge in [0.05, 0.1) is 17.0 Å². The van der Waals surface area contributed by atoms with Crippen molar-refractivity contribution in [2.45, 2.75) is 12.7 Å². The van der Waals surface area contributed by atoms with Gasteiger partial charge in [-0.3, -0.25) is 9.59 Å². The molecular formula is C20H15F3N4O2. The van der Waals surface area contributed by atoms with Crippen LogP contribution in [0.5, 0.6) is 0 Å². The molecule has 0 radical (unpaired) electrons. The van der Waals surface area contributed by atoms with Crippen molar-refractivity contribution in [2.75, 3.05) is 6.54 Å². The summed E-state index contributed by atoms with van der Waals surface area (Å²) in [6, 6.07) is 14.0. The number of rotatable bonds is 4. The minimum Gasteiger partial charge on any atom is -0.324 e. The quantitative estimate of drug-likeness (QED) is 0.675. The Morgan fingerprint density at radius 3 is 2.34 bits per heavy atom. The van der Waals surface area contributed by atoms with Gasteiger partial charge in [-0.1, -0.05) is 30.3 Å². The lowest BCUT2D eigenvalue weighted by molar-refractivity contribution is -0.141. The summed E-state index contributed by atoms with van der Waals surface area (Å²) in [5, 5.41) is 13.2. The van der Waals surface area contributed by atoms with Crippen molar-refractivity contribution in [3.63, 3.8) is 0 Å². The molecule has 6 nitrogen and oxygen atoms in total. The molecule has 29 heavy (non-hydrogen) atoms. The molecule has 3 aromatic rings. The minimum absolute atomic E-state index is 0.188. The molecule has 0 saturated heterocycles. The van der Waals surface area contributed by atoms with Crippen LogP contribution in [0.3, 0.4) is 0 Å². The maximum absolute atomic E-state index is 13.1. The van der Waals surface area contributed by atoms with Crippen molar-refractivity contribution in [2.24, 2.45) is 7.05 Å². The predicted octanol–water partition coefficient (Wildman–Crippen LogP) is 3.01. The number of fused-ring (bicyclic) bond motifs is 1. The Morgan fingerprint density at radius 1 is 1.14 bits per heavy atom. The van der Waals surface area contributed by atoms with Gasteiger partial charge in [0.1, 0.15) is 6.54 Å². The van der Waals surface area contributed by atoms with Crippen molar-refractivity contribution >= 4 is 16.7 Å². The van der Waals surface area contributed by atoms with Crippen LogP contribution in [0.4, 0.5) is 13.2 Å². The number of alkyl halides is 3. The molecule has 0 bridgehead atoms. The number of amides is 1. The van der Waals surface area contributed by atoms with Crippen LogP contribution in [0, 0.1) is 11.3 Å². The fraction of sp³-hybridized carbons (Fsp3) is 0.200. The third-order valence-corrected chi connectivity index (χ3v) is 4.27. The Balaban J connectivity index is 2.05. The molecule has 1 heterocycles. The molecule has 0 spiro atoms. The average Bonchev–Trinajstić information content (AvgIpc) is 2.69. The van der Waals surface area contributed by atoms with Crippen LogP contribution < -0.4 is 5.56 Å². The van der Waals surface area contributed by atoms with Crippen LogP contribution in [0.1, 0.15) is 21.6 Å². The minimum atomic E-state index is -4.63. The Kier molecular flexibility index (Phi) is 5.37. The lowest BCUT2D eigenvalue weighted by Gasteiger charge is -2.24. The summed E-state index contributed by atoms with van der Waals surface area (Å²) >= 11 is 0. The van der Waals surface area contributed by atoms with E-state index in [1.165, 1.54) is 43.4 Å². The molecule has 0 aliphatic rings. The van der Waals surface area contributed by atoms with Crippen LogP contribution in [0.25, 0.3) is 10.8 Å². The molecule has 3 rings (SSSR count). The highest BCUT2D eigenvalue weighted by molar-refractivity contribution is 6.04. The number of benzene rings is 2. The van der Waals surface area contributed by atoms with Crippen LogP contribution in [-0.4, -0.2) is 33.3 Å². The molecule has 0 unspecified atom stereocenters. The third-order valence-electron chi connectivity index (χ3n) is 4.27. The number of carbonyl (C=O) groups is 1. The van der Waals surface area contributed by atoms with Gasteiger partial charge < -0.3 is 4.90 Å². The largest absolute Gasteiger partial charge is 0.406 e. The number of carbonyl (C=O) groups excluding carboxylic acids is 1. The summed E-state index contributed by atoms with van der Waals surface area (Å²) in [5.74, 6) is -0.946. The van der Waals surface area contributed by atoms with Gasteiger partial charge >= 0.3 is 6.18 Å². The number of hydrogen-bond acceptors (Lipinski definition) is 4. The van der Waals surface area contributed by atoms with Crippen molar-refractivity contribution in [3.05, 3.63) is 75.7 Å². The summed E-state index contributed by atoms with van der Waals surface area (Å²) in [6.45, 7) is -1.81. The zero-order chi connectivity index (χ0) is 21.2. The second kappa shape index (κ2) is 7.75. The van der Waals surface area contributed by atoms with E-state index in [1.54, 1.807) is 12.1 Å². The monoisotopic (exact) mass is 400 g/mol. The van der Waals surface area contributed by atoms with Crippen molar-refractivity contribution in [1.29, 1.82) is 5.26 Å². The van der Waals surface area contributed by atoms with E-state index in [9.17, 15) is 22.8 Å². The second-order valence-electron chi connectivity index (χ2n) is 6.41. The predicted molar refractivity (Wildman–Crippen MR) is 98.9 cm³/mol. The summed E-state index contributed by atoms with van der Waals surface area (Å²) in [7, 11) is 1.33. The Hall–Kier alpha value is -3.67. The van der Waals surface area contributed by atoms with E-state index in [4.69, 9.17) is 5.26 Å². The normalized spacial score (nSPS) is 11.3. The molecule has 148 valence electrons. The highest BCUT2D eigenvalue weighted by Crippen LogP contribution is 2.22. The van der Waals surface area contributed by atoms with E-state index in [1.807, 2.05) is 6.07 Å². The van der Waals surface area contributed by atoms with Gasteiger partial charge in [0.25, 0.3) is 11.5 Å². The fourth-order valence-electron chi connectivity index (χ4n) is 2.93. The zero-order valence-electron chi connectivity index (χ0n) is 15.3. The highest BCUT2D eigenvalue weighted by atomic mass is 19.4. The number of aryl methyl sites for hydroxylation is 1. The molecule has 0 fully saturated rings. The maximum atomic E-state index is 13.1. The number of nitriles is 1. The first-order valence-corrected chi connectivity index (χ1v) is 8.51. The summed E-state index contributed by atoms with van der Waals surface area (Å²) in [4.78, 5) is 25.9. The second-order valence-corrected chi connectivity index (χ2v) is 6.41. The van der Waals surface area contributed by atoms with E-state index in [2.05, 4.69) is 5.10 Å². The van der Waals surface area contributed by atoms with Gasteiger partial charge in [-0.25, -0.2) is 4.68 Å². The van der Waals surface area contributed by atoms with Gasteiger partial charge in [0.2, 0.25) is 0 Å². The van der Waals surface area contributed by atoms with E-state index in [-0.39, 0.29) is 23.0 Å². The first-order chi connectivity index (χ1) is 13.7. The van der Waals surface area contributed by atoms with E-state index in [0.29, 0.717) is 16.0 Å². The molecule has 0 aliphatic heterocycles. The Labute approximate surface area is 163 Å². The van der Waals surface area contributed by atoms with Gasteiger partial charge in [-0.05, 0) is 23.8 Å². The number of hydrogen-bond donors (Lipinski definition) is 0. The molecule has 9 heteroatoms. The summed E-state index contributed by atoms with van der Waals surface area (Å²) < 4.78 is 40.4. The average molecular weight is 400 g/mol. The molecule has 0 atom stereocenters. The van der Waals surface area contributed by atoms with Crippen LogP contribution in [-0.2, 0) is 13.6 Å². The lowest BCUT2D eigenvalue weighted by atomic mass is 10.1. The number of aromatic nitrogens is 2. The van der Waals surface area contributed by atoms with Crippen molar-refractivity contribution in [1.82, 2.24) is 14.7 Å². The zero-order valence-corrected chi connectivity index (χ0v) is 15.3. The summed E-state index contributed by atoms with van der Waals surface area (Å²) in [5.41, 5.74) is 0.0936. The SMILES string of the molecule is Cn1nc(C(=O)N(Cc2ccc(C#N)cc2)CC(F)(F)F)c2ccccc2c1=O. The topological polar surface area (TPSA) is 79.0 Å². The van der Waals surface area contributed by atoms with Gasteiger partial charge in [0, 0.05) is 19.0 Å². The van der Waals surface area contributed by atoms with Crippen LogP contribution in [0.2, 0.25) is 0 Å². The van der Waals surface area contributed by atoms with E-state index < -0.39 is 24.2 Å². The smallest absolute Gasteiger partial charge is 0.324 e. The molecule has 1 aromatic heterocycles. The molecule has 0 aliphatic carbocycles. The molecular weight excluding hydrogens is 385 g/mol. The Morgan fingerprint density at radius 2 is 1.76 bits per heavy atom. The van der Waals surface area contributed by atoms with Gasteiger partial charge in [-0.15, -0.1) is 0 Å². The molecule has 2 aromatic carbocycles. The lowest BCUT2D eigenvalue weighted by Crippen LogP contribution is -2.39. The fourth-order valence-corrected chi connectivity index (χ4v) is 2.93. The molecule has 0 N–H and O–H groups in total. The van der Waals surface area contributed by atoms with Crippen LogP contribution >= 0.6 is 0 Å². The van der Waals surface area contributed by atoms with Gasteiger partial charge in [-0.2, -0.15) is 23.5 Å². The molecule has 0 saturated carbocycles. The number of halogens is 3. The van der Waals surface area contributed by atoms with E-state index >= 15 is 0 Å². The third kappa shape index (κ3) is 4.43. The molecule has 1 amide bonds. The summed E-state index contributed by atoms with van der Waals surface area (Å²) in [6.07, 6.45) is -4.63. The number of nitrogens with zero attached hydrogens (tertiary/aromatic N) is 4. The Bertz CT molecular complexity index is 1160.